The average Bonchev–Trinajstić information content (AvgIpc) is 3.19. The minimum absolute atomic E-state index is 0.0261. The Bertz CT molecular complexity index is 1150. The van der Waals surface area contributed by atoms with Crippen LogP contribution in [0.3, 0.4) is 0 Å². The van der Waals surface area contributed by atoms with Crippen molar-refractivity contribution in [2.24, 2.45) is 0 Å². The van der Waals surface area contributed by atoms with Crippen LogP contribution in [0.25, 0.3) is 10.9 Å². The number of amides is 1. The second-order valence-electron chi connectivity index (χ2n) is 7.55. The SMILES string of the molecule is CN(C)c1ccc([C@H](CNC(=O)c2ccc(F)cc2)c2c[nH]c3ccccc23)cc1. The lowest BCUT2D eigenvalue weighted by molar-refractivity contribution is 0.0952. The highest BCUT2D eigenvalue weighted by molar-refractivity contribution is 5.94. The zero-order valence-electron chi connectivity index (χ0n) is 17.0. The molecule has 0 radical (unpaired) electrons. The van der Waals surface area contributed by atoms with Gasteiger partial charge in [0, 0.05) is 54.9 Å². The van der Waals surface area contributed by atoms with Crippen LogP contribution in [0.2, 0.25) is 0 Å². The maximum Gasteiger partial charge on any atom is 0.251 e. The van der Waals surface area contributed by atoms with Crippen LogP contribution in [0.15, 0.2) is 79.0 Å². The van der Waals surface area contributed by atoms with Gasteiger partial charge in [0.1, 0.15) is 5.82 Å². The largest absolute Gasteiger partial charge is 0.378 e. The van der Waals surface area contributed by atoms with E-state index in [0.29, 0.717) is 12.1 Å². The smallest absolute Gasteiger partial charge is 0.251 e. The van der Waals surface area contributed by atoms with Crippen LogP contribution in [0, 0.1) is 5.82 Å². The van der Waals surface area contributed by atoms with E-state index >= 15 is 0 Å². The first kappa shape index (κ1) is 19.7. The second-order valence-corrected chi connectivity index (χ2v) is 7.55. The summed E-state index contributed by atoms with van der Waals surface area (Å²) in [5, 5.41) is 4.16. The Kier molecular flexibility index (Phi) is 5.53. The summed E-state index contributed by atoms with van der Waals surface area (Å²) in [5.41, 5.74) is 4.86. The van der Waals surface area contributed by atoms with E-state index in [4.69, 9.17) is 0 Å². The predicted octanol–water partition coefficient (Wildman–Crippen LogP) is 4.93. The van der Waals surface area contributed by atoms with Gasteiger partial charge in [-0.3, -0.25) is 4.79 Å². The summed E-state index contributed by atoms with van der Waals surface area (Å²) in [4.78, 5) is 18.0. The number of hydrogen-bond donors (Lipinski definition) is 2. The Hall–Kier alpha value is -3.60. The van der Waals surface area contributed by atoms with Crippen molar-refractivity contribution in [3.8, 4) is 0 Å². The number of nitrogens with zero attached hydrogens (tertiary/aromatic N) is 1. The van der Waals surface area contributed by atoms with E-state index in [1.165, 1.54) is 24.3 Å². The third-order valence-electron chi connectivity index (χ3n) is 5.38. The standard InChI is InChI=1S/C25H24FN3O/c1-29(2)20-13-9-17(10-14-20)22(23-16-27-24-6-4-3-5-21(23)24)15-28-25(30)18-7-11-19(26)12-8-18/h3-14,16,22,27H,15H2,1-2H3,(H,28,30)/t22-/m0/s1. The van der Waals surface area contributed by atoms with Gasteiger partial charge in [0.2, 0.25) is 0 Å². The van der Waals surface area contributed by atoms with Gasteiger partial charge in [-0.2, -0.15) is 0 Å². The van der Waals surface area contributed by atoms with Crippen LogP contribution in [0.1, 0.15) is 27.4 Å². The van der Waals surface area contributed by atoms with Gasteiger partial charge in [-0.05, 0) is 53.6 Å². The molecule has 4 nitrogen and oxygen atoms in total. The number of para-hydroxylation sites is 1. The first-order chi connectivity index (χ1) is 14.5. The highest BCUT2D eigenvalue weighted by Crippen LogP contribution is 2.31. The number of aromatic amines is 1. The molecule has 0 bridgehead atoms. The number of H-pyrrole nitrogens is 1. The van der Waals surface area contributed by atoms with Gasteiger partial charge in [0.15, 0.2) is 0 Å². The van der Waals surface area contributed by atoms with Crippen LogP contribution in [-0.2, 0) is 0 Å². The molecule has 0 spiro atoms. The summed E-state index contributed by atoms with van der Waals surface area (Å²) >= 11 is 0. The molecule has 1 heterocycles. The Morgan fingerprint density at radius 2 is 1.70 bits per heavy atom. The Morgan fingerprint density at radius 3 is 2.40 bits per heavy atom. The molecule has 0 saturated heterocycles. The van der Waals surface area contributed by atoms with Crippen LogP contribution >= 0.6 is 0 Å². The van der Waals surface area contributed by atoms with Crippen molar-refractivity contribution in [3.63, 3.8) is 0 Å². The predicted molar refractivity (Wildman–Crippen MR) is 120 cm³/mol. The molecule has 3 aromatic carbocycles. The highest BCUT2D eigenvalue weighted by atomic mass is 19.1. The number of anilines is 1. The van der Waals surface area contributed by atoms with Gasteiger partial charge in [-0.1, -0.05) is 30.3 Å². The van der Waals surface area contributed by atoms with Crippen LogP contribution in [0.4, 0.5) is 10.1 Å². The second kappa shape index (κ2) is 8.41. The Labute approximate surface area is 175 Å². The lowest BCUT2D eigenvalue weighted by Gasteiger charge is -2.20. The first-order valence-corrected chi connectivity index (χ1v) is 9.90. The molecule has 0 saturated carbocycles. The molecule has 4 rings (SSSR count). The summed E-state index contributed by atoms with van der Waals surface area (Å²) in [5.74, 6) is -0.601. The van der Waals surface area contributed by atoms with Crippen molar-refractivity contribution in [1.82, 2.24) is 10.3 Å². The molecule has 0 fully saturated rings. The van der Waals surface area contributed by atoms with Gasteiger partial charge in [0.25, 0.3) is 5.91 Å². The number of aromatic nitrogens is 1. The Balaban J connectivity index is 1.65. The van der Waals surface area contributed by atoms with Crippen molar-refractivity contribution >= 4 is 22.5 Å². The van der Waals surface area contributed by atoms with E-state index in [1.807, 2.05) is 38.5 Å². The fourth-order valence-electron chi connectivity index (χ4n) is 3.69. The van der Waals surface area contributed by atoms with E-state index in [1.54, 1.807) is 0 Å². The zero-order valence-corrected chi connectivity index (χ0v) is 17.0. The molecule has 0 unspecified atom stereocenters. The molecule has 1 amide bonds. The molecular formula is C25H24FN3O. The third kappa shape index (κ3) is 4.06. The number of rotatable bonds is 6. The fourth-order valence-corrected chi connectivity index (χ4v) is 3.69. The quantitative estimate of drug-likeness (QED) is 0.481. The molecular weight excluding hydrogens is 377 g/mol. The number of nitrogens with one attached hydrogen (secondary N) is 2. The minimum Gasteiger partial charge on any atom is -0.378 e. The summed E-state index contributed by atoms with van der Waals surface area (Å²) < 4.78 is 13.2. The Morgan fingerprint density at radius 1 is 1.00 bits per heavy atom. The van der Waals surface area contributed by atoms with Gasteiger partial charge in [-0.15, -0.1) is 0 Å². The van der Waals surface area contributed by atoms with E-state index in [-0.39, 0.29) is 17.6 Å². The lowest BCUT2D eigenvalue weighted by atomic mass is 9.90. The molecule has 1 aromatic heterocycles. The monoisotopic (exact) mass is 401 g/mol. The van der Waals surface area contributed by atoms with Gasteiger partial charge < -0.3 is 15.2 Å². The number of fused-ring (bicyclic) bond motifs is 1. The van der Waals surface area contributed by atoms with Gasteiger partial charge >= 0.3 is 0 Å². The maximum atomic E-state index is 13.2. The molecule has 0 aliphatic carbocycles. The van der Waals surface area contributed by atoms with E-state index in [9.17, 15) is 9.18 Å². The molecule has 0 aliphatic heterocycles. The number of carbonyl (C=O) groups is 1. The zero-order chi connectivity index (χ0) is 21.1. The summed E-state index contributed by atoms with van der Waals surface area (Å²) in [7, 11) is 4.02. The number of benzene rings is 3. The van der Waals surface area contributed by atoms with Crippen molar-refractivity contribution in [3.05, 3.63) is 102 Å². The average molecular weight is 401 g/mol. The third-order valence-corrected chi connectivity index (χ3v) is 5.38. The van der Waals surface area contributed by atoms with Crippen LogP contribution in [0.5, 0.6) is 0 Å². The van der Waals surface area contributed by atoms with Crippen molar-refractivity contribution in [1.29, 1.82) is 0 Å². The first-order valence-electron chi connectivity index (χ1n) is 9.90. The molecule has 5 heteroatoms. The normalized spacial score (nSPS) is 12.0. The van der Waals surface area contributed by atoms with E-state index < -0.39 is 0 Å². The fraction of sp³-hybridized carbons (Fsp3) is 0.160. The molecule has 152 valence electrons. The highest BCUT2D eigenvalue weighted by Gasteiger charge is 2.19. The van der Waals surface area contributed by atoms with Crippen molar-refractivity contribution in [2.45, 2.75) is 5.92 Å². The summed E-state index contributed by atoms with van der Waals surface area (Å²) in [6.45, 7) is 0.430. The van der Waals surface area contributed by atoms with Crippen molar-refractivity contribution < 1.29 is 9.18 Å². The molecule has 2 N–H and O–H groups in total. The van der Waals surface area contributed by atoms with Crippen molar-refractivity contribution in [2.75, 3.05) is 25.5 Å². The van der Waals surface area contributed by atoms with E-state index in [2.05, 4.69) is 45.5 Å². The number of hydrogen-bond acceptors (Lipinski definition) is 2. The van der Waals surface area contributed by atoms with Crippen LogP contribution in [-0.4, -0.2) is 31.5 Å². The molecule has 0 aliphatic rings. The van der Waals surface area contributed by atoms with Crippen LogP contribution < -0.4 is 10.2 Å². The summed E-state index contributed by atoms with van der Waals surface area (Å²) in [6, 6.07) is 22.1. The lowest BCUT2D eigenvalue weighted by Crippen LogP contribution is -2.29. The summed E-state index contributed by atoms with van der Waals surface area (Å²) in [6.07, 6.45) is 2.01. The van der Waals surface area contributed by atoms with Gasteiger partial charge in [-0.25, -0.2) is 4.39 Å². The van der Waals surface area contributed by atoms with Gasteiger partial charge in [0.05, 0.1) is 0 Å². The number of carbonyl (C=O) groups excluding carboxylic acids is 1. The maximum absolute atomic E-state index is 13.2. The molecule has 4 aromatic rings. The minimum atomic E-state index is -0.357. The molecule has 30 heavy (non-hydrogen) atoms. The number of halogens is 1. The molecule has 1 atom stereocenters. The van der Waals surface area contributed by atoms with E-state index in [0.717, 1.165) is 27.7 Å². The topological polar surface area (TPSA) is 48.1 Å².